The quantitative estimate of drug-likeness (QED) is 0.865. The summed E-state index contributed by atoms with van der Waals surface area (Å²) in [6.45, 7) is 2.18. The second kappa shape index (κ2) is 5.38. The Balaban J connectivity index is 0.00000108. The topological polar surface area (TPSA) is 53.9 Å². The lowest BCUT2D eigenvalue weighted by Gasteiger charge is -2.21. The van der Waals surface area contributed by atoms with E-state index in [4.69, 9.17) is 4.42 Å². The van der Waals surface area contributed by atoms with Gasteiger partial charge in [0.15, 0.2) is 5.76 Å². The lowest BCUT2D eigenvalue weighted by Crippen LogP contribution is -2.28. The summed E-state index contributed by atoms with van der Waals surface area (Å²) in [5, 5.41) is 10.8. The summed E-state index contributed by atoms with van der Waals surface area (Å²) in [5.41, 5.74) is 2.10. The van der Waals surface area contributed by atoms with Crippen LogP contribution in [0.5, 0.6) is 0 Å². The normalized spacial score (nSPS) is 19.9. The van der Waals surface area contributed by atoms with Gasteiger partial charge in [0.25, 0.3) is 0 Å². The summed E-state index contributed by atoms with van der Waals surface area (Å²) in [4.78, 5) is 0. The van der Waals surface area contributed by atoms with Crippen LogP contribution in [0, 0.1) is 0 Å². The average Bonchev–Trinajstić information content (AvgIpc) is 3.01. The molecular weight excluding hydrogens is 238 g/mol. The number of aromatic amines is 1. The number of hydrogen-bond donors (Lipinski definition) is 2. The van der Waals surface area contributed by atoms with E-state index in [9.17, 15) is 0 Å². The van der Waals surface area contributed by atoms with E-state index in [1.165, 1.54) is 18.5 Å². The third-order valence-corrected chi connectivity index (χ3v) is 3.11. The highest BCUT2D eigenvalue weighted by Gasteiger charge is 2.18. The van der Waals surface area contributed by atoms with E-state index in [1.807, 2.05) is 12.1 Å². The summed E-state index contributed by atoms with van der Waals surface area (Å²) in [5.74, 6) is 1.39. The van der Waals surface area contributed by atoms with Gasteiger partial charge in [-0.2, -0.15) is 5.10 Å². The minimum absolute atomic E-state index is 0. The molecule has 1 atom stereocenters. The molecule has 5 heteroatoms. The molecule has 1 saturated heterocycles. The second-order valence-corrected chi connectivity index (χ2v) is 4.23. The van der Waals surface area contributed by atoms with E-state index >= 15 is 0 Å². The Morgan fingerprint density at radius 2 is 2.35 bits per heavy atom. The number of H-pyrrole nitrogens is 1. The summed E-state index contributed by atoms with van der Waals surface area (Å²) < 4.78 is 5.32. The maximum atomic E-state index is 5.32. The van der Waals surface area contributed by atoms with Crippen molar-refractivity contribution in [3.63, 3.8) is 0 Å². The molecule has 3 rings (SSSR count). The third kappa shape index (κ3) is 2.53. The third-order valence-electron chi connectivity index (χ3n) is 3.11. The minimum Gasteiger partial charge on any atom is -0.463 e. The number of rotatable bonds is 2. The van der Waals surface area contributed by atoms with Crippen molar-refractivity contribution in [1.29, 1.82) is 0 Å². The van der Waals surface area contributed by atoms with Crippen LogP contribution in [0.4, 0.5) is 0 Å². The fourth-order valence-corrected chi connectivity index (χ4v) is 2.21. The molecule has 0 unspecified atom stereocenters. The highest BCUT2D eigenvalue weighted by molar-refractivity contribution is 5.85. The molecule has 92 valence electrons. The van der Waals surface area contributed by atoms with Crippen LogP contribution in [0.1, 0.15) is 24.5 Å². The number of nitrogens with zero attached hydrogens (tertiary/aromatic N) is 1. The number of aromatic nitrogens is 2. The van der Waals surface area contributed by atoms with Crippen molar-refractivity contribution in [3.8, 4) is 11.5 Å². The molecule has 2 aromatic heterocycles. The van der Waals surface area contributed by atoms with Gasteiger partial charge in [0, 0.05) is 18.2 Å². The van der Waals surface area contributed by atoms with Crippen LogP contribution >= 0.6 is 12.4 Å². The Hall–Kier alpha value is -1.26. The second-order valence-electron chi connectivity index (χ2n) is 4.23. The zero-order valence-electron chi connectivity index (χ0n) is 9.48. The largest absolute Gasteiger partial charge is 0.463 e. The van der Waals surface area contributed by atoms with Gasteiger partial charge in [0.2, 0.25) is 0 Å². The molecule has 0 aliphatic carbocycles. The fourth-order valence-electron chi connectivity index (χ4n) is 2.21. The van der Waals surface area contributed by atoms with Gasteiger partial charge >= 0.3 is 0 Å². The molecule has 2 aromatic rings. The number of halogens is 1. The Kier molecular flexibility index (Phi) is 3.86. The smallest absolute Gasteiger partial charge is 0.154 e. The van der Waals surface area contributed by atoms with Gasteiger partial charge in [-0.15, -0.1) is 12.4 Å². The Labute approximate surface area is 106 Å². The fraction of sp³-hybridized carbons (Fsp3) is 0.417. The first-order chi connectivity index (χ1) is 7.93. The van der Waals surface area contributed by atoms with Crippen LogP contribution in [-0.2, 0) is 0 Å². The lowest BCUT2D eigenvalue weighted by atomic mass is 9.96. The van der Waals surface area contributed by atoms with Crippen LogP contribution in [-0.4, -0.2) is 23.3 Å². The molecule has 4 nitrogen and oxygen atoms in total. The van der Waals surface area contributed by atoms with Crippen LogP contribution in [0.2, 0.25) is 0 Å². The summed E-state index contributed by atoms with van der Waals surface area (Å²) in [7, 11) is 0. The highest BCUT2D eigenvalue weighted by atomic mass is 35.5. The molecule has 0 spiro atoms. The summed E-state index contributed by atoms with van der Waals surface area (Å²) in [6.07, 6.45) is 4.14. The Morgan fingerprint density at radius 3 is 3.06 bits per heavy atom. The van der Waals surface area contributed by atoms with Gasteiger partial charge in [-0.05, 0) is 37.6 Å². The predicted octanol–water partition coefficient (Wildman–Crippen LogP) is 2.56. The first-order valence-electron chi connectivity index (χ1n) is 5.73. The van der Waals surface area contributed by atoms with Gasteiger partial charge in [-0.3, -0.25) is 5.10 Å². The zero-order valence-corrected chi connectivity index (χ0v) is 10.3. The number of nitrogens with one attached hydrogen (secondary N) is 2. The molecule has 1 fully saturated rings. The van der Waals surface area contributed by atoms with Crippen molar-refractivity contribution < 1.29 is 4.42 Å². The van der Waals surface area contributed by atoms with Crippen molar-refractivity contribution in [2.24, 2.45) is 0 Å². The standard InChI is InChI=1S/C12H15N3O.ClH/c1-3-9(8-13-5-1)10-7-11(15-14-10)12-4-2-6-16-12;/h2,4,6-7,9,13H,1,3,5,8H2,(H,14,15);1H/t9-;/m0./s1. The van der Waals surface area contributed by atoms with E-state index in [1.54, 1.807) is 6.26 Å². The lowest BCUT2D eigenvalue weighted by molar-refractivity contribution is 0.454. The van der Waals surface area contributed by atoms with Crippen molar-refractivity contribution >= 4 is 12.4 Å². The summed E-state index contributed by atoms with van der Waals surface area (Å²) >= 11 is 0. The Morgan fingerprint density at radius 1 is 1.41 bits per heavy atom. The Bertz CT molecular complexity index is 446. The average molecular weight is 254 g/mol. The maximum absolute atomic E-state index is 5.32. The molecule has 17 heavy (non-hydrogen) atoms. The molecule has 0 aromatic carbocycles. The van der Waals surface area contributed by atoms with Gasteiger partial charge < -0.3 is 9.73 Å². The minimum atomic E-state index is 0. The van der Waals surface area contributed by atoms with Crippen LogP contribution in [0.15, 0.2) is 28.9 Å². The molecule has 0 saturated carbocycles. The van der Waals surface area contributed by atoms with Crippen molar-refractivity contribution in [2.45, 2.75) is 18.8 Å². The molecule has 0 bridgehead atoms. The first kappa shape index (κ1) is 12.2. The molecule has 1 aliphatic heterocycles. The van der Waals surface area contributed by atoms with E-state index in [2.05, 4.69) is 21.6 Å². The highest BCUT2D eigenvalue weighted by Crippen LogP contribution is 2.25. The van der Waals surface area contributed by atoms with Crippen LogP contribution < -0.4 is 5.32 Å². The molecule has 0 radical (unpaired) electrons. The van der Waals surface area contributed by atoms with Crippen LogP contribution in [0.3, 0.4) is 0 Å². The molecule has 3 heterocycles. The van der Waals surface area contributed by atoms with Crippen LogP contribution in [0.25, 0.3) is 11.5 Å². The monoisotopic (exact) mass is 253 g/mol. The van der Waals surface area contributed by atoms with E-state index in [-0.39, 0.29) is 12.4 Å². The van der Waals surface area contributed by atoms with Crippen molar-refractivity contribution in [2.75, 3.05) is 13.1 Å². The van der Waals surface area contributed by atoms with Gasteiger partial charge in [-0.25, -0.2) is 0 Å². The van der Waals surface area contributed by atoms with Gasteiger partial charge in [-0.1, -0.05) is 0 Å². The number of furan rings is 1. The number of hydrogen-bond acceptors (Lipinski definition) is 3. The molecular formula is C12H16ClN3O. The maximum Gasteiger partial charge on any atom is 0.154 e. The molecule has 2 N–H and O–H groups in total. The summed E-state index contributed by atoms with van der Waals surface area (Å²) in [6, 6.07) is 5.90. The van der Waals surface area contributed by atoms with Gasteiger partial charge in [0.05, 0.1) is 6.26 Å². The molecule has 1 aliphatic rings. The zero-order chi connectivity index (χ0) is 10.8. The van der Waals surface area contributed by atoms with Crippen molar-refractivity contribution in [3.05, 3.63) is 30.2 Å². The molecule has 0 amide bonds. The predicted molar refractivity (Wildman–Crippen MR) is 68.4 cm³/mol. The van der Waals surface area contributed by atoms with Crippen molar-refractivity contribution in [1.82, 2.24) is 15.5 Å². The van der Waals surface area contributed by atoms with E-state index in [0.29, 0.717) is 5.92 Å². The SMILES string of the molecule is Cl.c1coc(-c2cc([C@H]3CCCNC3)[nH]n2)c1. The van der Waals surface area contributed by atoms with Gasteiger partial charge in [0.1, 0.15) is 5.69 Å². The number of piperidine rings is 1. The first-order valence-corrected chi connectivity index (χ1v) is 5.73. The van der Waals surface area contributed by atoms with E-state index in [0.717, 1.165) is 24.5 Å². The van der Waals surface area contributed by atoms with E-state index < -0.39 is 0 Å².